The van der Waals surface area contributed by atoms with Gasteiger partial charge in [-0.1, -0.05) is 182 Å². The molecule has 1 aromatic heterocycles. The first-order valence-corrected chi connectivity index (χ1v) is 20.6. The molecular formula is C58H40N2. The number of aromatic nitrogens is 1. The van der Waals surface area contributed by atoms with Crippen molar-refractivity contribution in [2.24, 2.45) is 0 Å². The molecule has 282 valence electrons. The van der Waals surface area contributed by atoms with E-state index in [0.717, 1.165) is 17.1 Å². The number of para-hydroxylation sites is 2. The van der Waals surface area contributed by atoms with E-state index < -0.39 is 0 Å². The van der Waals surface area contributed by atoms with Crippen LogP contribution in [0.1, 0.15) is 0 Å². The number of fused-ring (bicyclic) bond motifs is 4. The van der Waals surface area contributed by atoms with Crippen LogP contribution in [-0.2, 0) is 0 Å². The van der Waals surface area contributed by atoms with E-state index in [0.29, 0.717) is 0 Å². The molecule has 0 bridgehead atoms. The molecule has 0 amide bonds. The standard InChI is InChI=1S/C58H40N2/c1-3-13-41(14-4-1)44-27-33-50(34-28-44)59(51-35-29-45(30-36-51)42-15-5-2-6-16-42)52-37-31-46(32-38-52)43-23-25-47(26-24-43)53-19-9-11-21-56(53)60-57-22-12-10-20-54(57)55-39-48-17-7-8-18-49(48)40-58(55)60/h1-40H. The number of benzene rings is 10. The van der Waals surface area contributed by atoms with Crippen LogP contribution in [0.4, 0.5) is 17.1 Å². The minimum Gasteiger partial charge on any atom is -0.311 e. The maximum Gasteiger partial charge on any atom is 0.0547 e. The molecule has 0 radical (unpaired) electrons. The van der Waals surface area contributed by atoms with Crippen LogP contribution in [0.5, 0.6) is 0 Å². The predicted octanol–water partition coefficient (Wildman–Crippen LogP) is 16.1. The summed E-state index contributed by atoms with van der Waals surface area (Å²) in [4.78, 5) is 2.34. The quantitative estimate of drug-likeness (QED) is 0.150. The molecule has 0 saturated heterocycles. The predicted molar refractivity (Wildman–Crippen MR) is 255 cm³/mol. The second-order valence-electron chi connectivity index (χ2n) is 15.4. The first kappa shape index (κ1) is 35.2. The third-order valence-electron chi connectivity index (χ3n) is 11.8. The average Bonchev–Trinajstić information content (AvgIpc) is 3.65. The van der Waals surface area contributed by atoms with Gasteiger partial charge in [-0.05, 0) is 110 Å². The maximum absolute atomic E-state index is 2.44. The highest BCUT2D eigenvalue weighted by Gasteiger charge is 2.17. The van der Waals surface area contributed by atoms with Crippen LogP contribution in [0.25, 0.3) is 82.8 Å². The molecule has 0 aliphatic carbocycles. The van der Waals surface area contributed by atoms with Crippen molar-refractivity contribution in [1.29, 1.82) is 0 Å². The number of hydrogen-bond acceptors (Lipinski definition) is 1. The van der Waals surface area contributed by atoms with Gasteiger partial charge in [-0.3, -0.25) is 0 Å². The van der Waals surface area contributed by atoms with Gasteiger partial charge in [-0.2, -0.15) is 0 Å². The van der Waals surface area contributed by atoms with E-state index >= 15 is 0 Å². The Morgan fingerprint density at radius 3 is 1.22 bits per heavy atom. The Balaban J connectivity index is 0.932. The highest BCUT2D eigenvalue weighted by Crippen LogP contribution is 2.40. The Morgan fingerprint density at radius 1 is 0.267 bits per heavy atom. The zero-order valence-corrected chi connectivity index (χ0v) is 33.0. The molecule has 0 fully saturated rings. The van der Waals surface area contributed by atoms with Crippen LogP contribution in [0.15, 0.2) is 243 Å². The third kappa shape index (κ3) is 6.41. The summed E-state index contributed by atoms with van der Waals surface area (Å²) in [7, 11) is 0. The lowest BCUT2D eigenvalue weighted by molar-refractivity contribution is 1.18. The fraction of sp³-hybridized carbons (Fsp3) is 0. The monoisotopic (exact) mass is 764 g/mol. The van der Waals surface area contributed by atoms with Crippen LogP contribution in [0.2, 0.25) is 0 Å². The van der Waals surface area contributed by atoms with Crippen LogP contribution in [0, 0.1) is 0 Å². The van der Waals surface area contributed by atoms with Gasteiger partial charge >= 0.3 is 0 Å². The van der Waals surface area contributed by atoms with Gasteiger partial charge in [0.25, 0.3) is 0 Å². The van der Waals surface area contributed by atoms with E-state index in [1.54, 1.807) is 0 Å². The molecular weight excluding hydrogens is 725 g/mol. The lowest BCUT2D eigenvalue weighted by Gasteiger charge is -2.26. The molecule has 11 rings (SSSR count). The summed E-state index contributed by atoms with van der Waals surface area (Å²) in [6.45, 7) is 0. The number of rotatable bonds is 8. The Bertz CT molecular complexity index is 3170. The molecule has 60 heavy (non-hydrogen) atoms. The fourth-order valence-electron chi connectivity index (χ4n) is 8.79. The summed E-state index contributed by atoms with van der Waals surface area (Å²) in [5, 5.41) is 5.03. The van der Waals surface area contributed by atoms with Crippen LogP contribution in [-0.4, -0.2) is 4.57 Å². The zero-order chi connectivity index (χ0) is 39.8. The number of anilines is 3. The molecule has 1 heterocycles. The van der Waals surface area contributed by atoms with Crippen LogP contribution in [0.3, 0.4) is 0 Å². The summed E-state index contributed by atoms with van der Waals surface area (Å²) >= 11 is 0. The first-order valence-electron chi connectivity index (χ1n) is 20.6. The van der Waals surface area contributed by atoms with Gasteiger partial charge in [0, 0.05) is 33.4 Å². The Kier molecular flexibility index (Phi) is 8.87. The molecule has 0 atom stereocenters. The Hall–Kier alpha value is -7.94. The smallest absolute Gasteiger partial charge is 0.0547 e. The van der Waals surface area contributed by atoms with Gasteiger partial charge in [0.1, 0.15) is 0 Å². The summed E-state index contributed by atoms with van der Waals surface area (Å²) < 4.78 is 2.44. The van der Waals surface area contributed by atoms with E-state index in [1.807, 2.05) is 0 Å². The van der Waals surface area contributed by atoms with Crippen molar-refractivity contribution in [1.82, 2.24) is 4.57 Å². The molecule has 0 aliphatic rings. The summed E-state index contributed by atoms with van der Waals surface area (Å²) in [5.74, 6) is 0. The third-order valence-corrected chi connectivity index (χ3v) is 11.8. The minimum atomic E-state index is 1.10. The first-order chi connectivity index (χ1) is 29.7. The van der Waals surface area contributed by atoms with E-state index in [4.69, 9.17) is 0 Å². The second kappa shape index (κ2) is 15.1. The normalized spacial score (nSPS) is 11.3. The molecule has 11 aromatic rings. The minimum absolute atomic E-state index is 1.10. The van der Waals surface area contributed by atoms with Crippen molar-refractivity contribution in [2.75, 3.05) is 4.90 Å². The molecule has 0 aliphatic heterocycles. The van der Waals surface area contributed by atoms with Crippen molar-refractivity contribution in [3.05, 3.63) is 243 Å². The molecule has 0 N–H and O–H groups in total. The molecule has 0 spiro atoms. The summed E-state index contributed by atoms with van der Waals surface area (Å²) in [6.07, 6.45) is 0. The average molecular weight is 765 g/mol. The molecule has 0 saturated carbocycles. The lowest BCUT2D eigenvalue weighted by Crippen LogP contribution is -2.09. The molecule has 10 aromatic carbocycles. The molecule has 2 heteroatoms. The summed E-state index contributed by atoms with van der Waals surface area (Å²) in [5.41, 5.74) is 16.5. The van der Waals surface area contributed by atoms with Gasteiger partial charge in [0.2, 0.25) is 0 Å². The lowest BCUT2D eigenvalue weighted by atomic mass is 9.98. The molecule has 2 nitrogen and oxygen atoms in total. The van der Waals surface area contributed by atoms with Gasteiger partial charge in [-0.15, -0.1) is 0 Å². The van der Waals surface area contributed by atoms with Crippen molar-refractivity contribution in [3.8, 4) is 50.2 Å². The SMILES string of the molecule is c1ccc(-c2ccc(N(c3ccc(-c4ccccc4)cc3)c3ccc(-c4ccc(-c5ccccc5-n5c6ccccc6c6cc7ccccc7cc65)cc4)cc3)cc2)cc1. The zero-order valence-electron chi connectivity index (χ0n) is 33.0. The van der Waals surface area contributed by atoms with Gasteiger partial charge in [0.05, 0.1) is 16.7 Å². The van der Waals surface area contributed by atoms with Crippen molar-refractivity contribution in [3.63, 3.8) is 0 Å². The van der Waals surface area contributed by atoms with Crippen molar-refractivity contribution in [2.45, 2.75) is 0 Å². The summed E-state index contributed by atoms with van der Waals surface area (Å²) in [6, 6.07) is 87.7. The van der Waals surface area contributed by atoms with Gasteiger partial charge < -0.3 is 9.47 Å². The van der Waals surface area contributed by atoms with E-state index in [9.17, 15) is 0 Å². The largest absolute Gasteiger partial charge is 0.311 e. The van der Waals surface area contributed by atoms with Crippen LogP contribution < -0.4 is 4.90 Å². The van der Waals surface area contributed by atoms with Gasteiger partial charge in [0.15, 0.2) is 0 Å². The van der Waals surface area contributed by atoms with E-state index in [1.165, 1.54) is 82.8 Å². The Labute approximate surface area is 350 Å². The maximum atomic E-state index is 2.44. The van der Waals surface area contributed by atoms with Crippen molar-refractivity contribution >= 4 is 49.6 Å². The molecule has 0 unspecified atom stereocenters. The van der Waals surface area contributed by atoms with Gasteiger partial charge in [-0.25, -0.2) is 0 Å². The van der Waals surface area contributed by atoms with Crippen LogP contribution >= 0.6 is 0 Å². The topological polar surface area (TPSA) is 8.17 Å². The van der Waals surface area contributed by atoms with E-state index in [2.05, 4.69) is 252 Å². The number of nitrogens with zero attached hydrogens (tertiary/aromatic N) is 2. The number of hydrogen-bond donors (Lipinski definition) is 0. The Morgan fingerprint density at radius 2 is 0.667 bits per heavy atom. The highest BCUT2D eigenvalue weighted by molar-refractivity contribution is 6.14. The van der Waals surface area contributed by atoms with E-state index in [-0.39, 0.29) is 0 Å². The highest BCUT2D eigenvalue weighted by atomic mass is 15.1. The fourth-order valence-corrected chi connectivity index (χ4v) is 8.79. The second-order valence-corrected chi connectivity index (χ2v) is 15.4. The van der Waals surface area contributed by atoms with Crippen molar-refractivity contribution < 1.29 is 0 Å².